The Bertz CT molecular complexity index is 1450. The molecule has 0 spiro atoms. The van der Waals surface area contributed by atoms with Crippen molar-refractivity contribution in [1.29, 1.82) is 0 Å². The minimum atomic E-state index is -0.497. The first-order valence-electron chi connectivity index (χ1n) is 10.2. The number of nitrogens with one attached hydrogen (secondary N) is 1. The van der Waals surface area contributed by atoms with Gasteiger partial charge in [0.25, 0.3) is 5.56 Å². The Kier molecular flexibility index (Phi) is 5.21. The summed E-state index contributed by atoms with van der Waals surface area (Å²) in [5.74, 6) is 2.93. The second kappa shape index (κ2) is 8.34. The van der Waals surface area contributed by atoms with Gasteiger partial charge in [-0.05, 0) is 30.7 Å². The molecule has 33 heavy (non-hydrogen) atoms. The predicted molar refractivity (Wildman–Crippen MR) is 116 cm³/mol. The van der Waals surface area contributed by atoms with E-state index in [4.69, 9.17) is 23.5 Å². The number of aromatic amines is 1. The zero-order valence-corrected chi connectivity index (χ0v) is 17.9. The molecule has 4 aromatic rings. The van der Waals surface area contributed by atoms with Crippen molar-refractivity contribution in [3.05, 3.63) is 57.1 Å². The van der Waals surface area contributed by atoms with Crippen molar-refractivity contribution in [2.75, 3.05) is 21.0 Å². The van der Waals surface area contributed by atoms with Gasteiger partial charge in [-0.2, -0.15) is 4.98 Å². The summed E-state index contributed by atoms with van der Waals surface area (Å²) < 4.78 is 27.7. The van der Waals surface area contributed by atoms with E-state index in [0.29, 0.717) is 64.0 Å². The molecule has 1 N–H and O–H groups in total. The molecule has 2 aromatic heterocycles. The summed E-state index contributed by atoms with van der Waals surface area (Å²) in [6.07, 6.45) is 0.845. The molecular weight excluding hydrogens is 432 g/mol. The highest BCUT2D eigenvalue weighted by Crippen LogP contribution is 2.34. The highest BCUT2D eigenvalue weighted by molar-refractivity contribution is 5.81. The largest absolute Gasteiger partial charge is 0.493 e. The smallest absolute Gasteiger partial charge is 0.328 e. The van der Waals surface area contributed by atoms with Crippen molar-refractivity contribution in [3.8, 4) is 34.4 Å². The quantitative estimate of drug-likeness (QED) is 0.448. The molecule has 1 aliphatic rings. The maximum absolute atomic E-state index is 12.9. The van der Waals surface area contributed by atoms with Crippen LogP contribution in [0.5, 0.6) is 23.0 Å². The third-order valence-corrected chi connectivity index (χ3v) is 5.36. The monoisotopic (exact) mass is 452 g/mol. The Morgan fingerprint density at radius 2 is 1.85 bits per heavy atom. The van der Waals surface area contributed by atoms with Crippen LogP contribution in [0.1, 0.15) is 12.3 Å². The van der Waals surface area contributed by atoms with E-state index in [-0.39, 0.29) is 13.3 Å². The van der Waals surface area contributed by atoms with Gasteiger partial charge in [0.15, 0.2) is 23.0 Å². The van der Waals surface area contributed by atoms with Gasteiger partial charge in [-0.25, -0.2) is 4.79 Å². The van der Waals surface area contributed by atoms with E-state index in [2.05, 4.69) is 15.1 Å². The maximum Gasteiger partial charge on any atom is 0.328 e. The molecule has 0 unspecified atom stereocenters. The molecule has 0 radical (unpaired) electrons. The topological polar surface area (TPSA) is 131 Å². The van der Waals surface area contributed by atoms with Gasteiger partial charge >= 0.3 is 5.69 Å². The molecule has 170 valence electrons. The van der Waals surface area contributed by atoms with Crippen molar-refractivity contribution in [3.63, 3.8) is 0 Å². The van der Waals surface area contributed by atoms with E-state index in [9.17, 15) is 9.59 Å². The van der Waals surface area contributed by atoms with Crippen molar-refractivity contribution in [2.45, 2.75) is 19.4 Å². The van der Waals surface area contributed by atoms with Crippen LogP contribution in [0, 0.1) is 0 Å². The van der Waals surface area contributed by atoms with Gasteiger partial charge in [-0.15, -0.1) is 0 Å². The Morgan fingerprint density at radius 1 is 1.06 bits per heavy atom. The van der Waals surface area contributed by atoms with E-state index in [1.54, 1.807) is 44.6 Å². The van der Waals surface area contributed by atoms with E-state index >= 15 is 0 Å². The zero-order valence-electron chi connectivity index (χ0n) is 17.9. The van der Waals surface area contributed by atoms with Crippen molar-refractivity contribution < 1.29 is 23.5 Å². The van der Waals surface area contributed by atoms with Crippen molar-refractivity contribution in [1.82, 2.24) is 19.7 Å². The number of fused-ring (bicyclic) bond motifs is 2. The maximum atomic E-state index is 12.9. The van der Waals surface area contributed by atoms with Crippen LogP contribution in [0.4, 0.5) is 0 Å². The van der Waals surface area contributed by atoms with Gasteiger partial charge < -0.3 is 28.5 Å². The normalized spacial score (nSPS) is 12.3. The molecule has 1 aliphatic heterocycles. The molecule has 11 heteroatoms. The first-order valence-corrected chi connectivity index (χ1v) is 10.2. The zero-order chi connectivity index (χ0) is 22.9. The van der Waals surface area contributed by atoms with Crippen molar-refractivity contribution in [2.24, 2.45) is 0 Å². The fourth-order valence-electron chi connectivity index (χ4n) is 3.68. The number of aromatic nitrogens is 4. The van der Waals surface area contributed by atoms with Crippen LogP contribution in [0.3, 0.4) is 0 Å². The van der Waals surface area contributed by atoms with Crippen LogP contribution in [0.25, 0.3) is 22.3 Å². The minimum absolute atomic E-state index is 0.0829. The second-order valence-corrected chi connectivity index (χ2v) is 7.32. The molecule has 2 aromatic carbocycles. The Labute approximate surface area is 186 Å². The molecule has 0 saturated heterocycles. The summed E-state index contributed by atoms with van der Waals surface area (Å²) in [5.41, 5.74) is 0.219. The fourth-order valence-corrected chi connectivity index (χ4v) is 3.68. The lowest BCUT2D eigenvalue weighted by Crippen LogP contribution is -2.35. The summed E-state index contributed by atoms with van der Waals surface area (Å²) in [7, 11) is 3.11. The van der Waals surface area contributed by atoms with Gasteiger partial charge in [0.1, 0.15) is 0 Å². The minimum Gasteiger partial charge on any atom is -0.493 e. The summed E-state index contributed by atoms with van der Waals surface area (Å²) in [6, 6.07) is 8.50. The molecule has 0 fully saturated rings. The van der Waals surface area contributed by atoms with E-state index < -0.39 is 11.2 Å². The molecule has 5 rings (SSSR count). The Balaban J connectivity index is 1.32. The molecule has 0 saturated carbocycles. The number of benzene rings is 2. The lowest BCUT2D eigenvalue weighted by Gasteiger charge is -2.07. The molecule has 0 aliphatic carbocycles. The lowest BCUT2D eigenvalue weighted by atomic mass is 10.2. The SMILES string of the molecule is COc1ccc(-c2noc(CCCn3c(=O)[nH]c4cc5c(cc4c3=O)OCO5)n2)cc1OC. The number of methoxy groups -OCH3 is 2. The van der Waals surface area contributed by atoms with Crippen molar-refractivity contribution >= 4 is 10.9 Å². The Morgan fingerprint density at radius 3 is 2.64 bits per heavy atom. The number of ether oxygens (including phenoxy) is 4. The average Bonchev–Trinajstić information content (AvgIpc) is 3.49. The van der Waals surface area contributed by atoms with Crippen LogP contribution in [0.15, 0.2) is 44.4 Å². The summed E-state index contributed by atoms with van der Waals surface area (Å²) in [4.78, 5) is 32.4. The number of nitrogens with zero attached hydrogens (tertiary/aromatic N) is 3. The molecule has 3 heterocycles. The molecular formula is C22H20N4O7. The number of hydrogen-bond acceptors (Lipinski definition) is 9. The van der Waals surface area contributed by atoms with Crippen LogP contribution >= 0.6 is 0 Å². The molecule has 0 bridgehead atoms. The molecule has 11 nitrogen and oxygen atoms in total. The van der Waals surface area contributed by atoms with Crippen LogP contribution in [-0.4, -0.2) is 40.7 Å². The highest BCUT2D eigenvalue weighted by atomic mass is 16.7. The first kappa shape index (κ1) is 20.6. The van der Waals surface area contributed by atoms with Crippen LogP contribution in [0.2, 0.25) is 0 Å². The third kappa shape index (κ3) is 3.77. The van der Waals surface area contributed by atoms with E-state index in [1.165, 1.54) is 0 Å². The summed E-state index contributed by atoms with van der Waals surface area (Å²) >= 11 is 0. The van der Waals surface area contributed by atoms with Crippen LogP contribution in [-0.2, 0) is 13.0 Å². The van der Waals surface area contributed by atoms with Crippen LogP contribution < -0.4 is 30.2 Å². The molecule has 0 amide bonds. The van der Waals surface area contributed by atoms with E-state index in [0.717, 1.165) is 4.57 Å². The number of H-pyrrole nitrogens is 1. The fraction of sp³-hybridized carbons (Fsp3) is 0.273. The summed E-state index contributed by atoms with van der Waals surface area (Å²) in [6.45, 7) is 0.270. The number of hydrogen-bond donors (Lipinski definition) is 1. The van der Waals surface area contributed by atoms with Gasteiger partial charge in [-0.1, -0.05) is 5.16 Å². The van der Waals surface area contributed by atoms with Gasteiger partial charge in [-0.3, -0.25) is 9.36 Å². The third-order valence-electron chi connectivity index (χ3n) is 5.36. The van der Waals surface area contributed by atoms with Gasteiger partial charge in [0.2, 0.25) is 18.5 Å². The van der Waals surface area contributed by atoms with Gasteiger partial charge in [0, 0.05) is 24.6 Å². The lowest BCUT2D eigenvalue weighted by molar-refractivity contribution is 0.174. The van der Waals surface area contributed by atoms with E-state index in [1.807, 2.05) is 0 Å². The van der Waals surface area contributed by atoms with Gasteiger partial charge in [0.05, 0.1) is 25.1 Å². The average molecular weight is 452 g/mol. The Hall–Kier alpha value is -4.28. The number of rotatable bonds is 7. The second-order valence-electron chi connectivity index (χ2n) is 7.32. The standard InChI is InChI=1S/C22H20N4O7/c1-29-15-6-5-12(8-16(15)30-2)20-24-19(33-25-20)4-3-7-26-21(27)13-9-17-18(32-11-31-17)10-14(13)23-22(26)28/h5-6,8-10H,3-4,7,11H2,1-2H3,(H,23,28). The predicted octanol–water partition coefficient (Wildman–Crippen LogP) is 2.12. The first-order chi connectivity index (χ1) is 16.1. The summed E-state index contributed by atoms with van der Waals surface area (Å²) in [5, 5.41) is 4.36. The highest BCUT2D eigenvalue weighted by Gasteiger charge is 2.18. The molecule has 0 atom stereocenters. The number of aryl methyl sites for hydroxylation is 1.